The van der Waals surface area contributed by atoms with Crippen molar-refractivity contribution in [3.05, 3.63) is 26.6 Å². The number of carbonyl (C=O) groups is 2. The minimum absolute atomic E-state index is 0.0719. The van der Waals surface area contributed by atoms with Gasteiger partial charge in [0.1, 0.15) is 5.75 Å². The van der Waals surface area contributed by atoms with Crippen molar-refractivity contribution in [1.82, 2.24) is 4.90 Å². The summed E-state index contributed by atoms with van der Waals surface area (Å²) in [5, 5.41) is 21.0. The van der Waals surface area contributed by atoms with Crippen molar-refractivity contribution < 1.29 is 19.8 Å². The molecule has 1 unspecified atom stereocenters. The molecule has 0 aliphatic carbocycles. The number of phenols is 1. The van der Waals surface area contributed by atoms with Gasteiger partial charge in [0.2, 0.25) is 5.91 Å². The van der Waals surface area contributed by atoms with E-state index in [2.05, 4.69) is 38.8 Å². The predicted molar refractivity (Wildman–Crippen MR) is 139 cm³/mol. The number of benzene rings is 1. The predicted octanol–water partition coefficient (Wildman–Crippen LogP) is 7.35. The van der Waals surface area contributed by atoms with Gasteiger partial charge in [-0.15, -0.1) is 0 Å². The van der Waals surface area contributed by atoms with Gasteiger partial charge in [-0.2, -0.15) is 0 Å². The van der Waals surface area contributed by atoms with Crippen LogP contribution in [0, 0.1) is 0 Å². The van der Waals surface area contributed by atoms with Crippen LogP contribution in [-0.4, -0.2) is 33.5 Å². The van der Waals surface area contributed by atoms with Crippen LogP contribution in [0.5, 0.6) is 5.75 Å². The summed E-state index contributed by atoms with van der Waals surface area (Å²) < 4.78 is 0.992. The van der Waals surface area contributed by atoms with E-state index in [-0.39, 0.29) is 30.2 Å². The molecule has 1 aliphatic heterocycles. The number of phenolic OH excluding ortho intramolecular Hbond substituents is 1. The zero-order chi connectivity index (χ0) is 24.3. The molecule has 186 valence electrons. The molecule has 1 heterocycles. The van der Waals surface area contributed by atoms with Crippen LogP contribution in [0.4, 0.5) is 0 Å². The number of rotatable bonds is 15. The molecule has 0 radical (unpaired) electrons. The van der Waals surface area contributed by atoms with E-state index in [9.17, 15) is 19.8 Å². The van der Waals surface area contributed by atoms with Gasteiger partial charge in [-0.25, -0.2) is 0 Å². The third kappa shape index (κ3) is 8.36. The maximum absolute atomic E-state index is 12.9. The SMILES string of the molecule is CCCCCCCCCCCCCCCC(=O)N1CCC(O)(c2cc(O)c(Br)c(Br)c2)C1=O. The lowest BCUT2D eigenvalue weighted by molar-refractivity contribution is -0.151. The highest BCUT2D eigenvalue weighted by Gasteiger charge is 2.48. The molecule has 0 aromatic heterocycles. The molecule has 0 bridgehead atoms. The second-order valence-corrected chi connectivity index (χ2v) is 10.9. The number of nitrogens with zero attached hydrogens (tertiary/aromatic N) is 1. The Kier molecular flexibility index (Phi) is 12.4. The van der Waals surface area contributed by atoms with Gasteiger partial charge in [-0.1, -0.05) is 84.0 Å². The van der Waals surface area contributed by atoms with Crippen molar-refractivity contribution in [2.24, 2.45) is 0 Å². The number of halogens is 2. The fourth-order valence-corrected chi connectivity index (χ4v) is 5.13. The summed E-state index contributed by atoms with van der Waals surface area (Å²) in [5.74, 6) is -0.896. The Hall–Kier alpha value is -0.920. The zero-order valence-electron chi connectivity index (χ0n) is 19.9. The van der Waals surface area contributed by atoms with Crippen molar-refractivity contribution >= 4 is 43.7 Å². The number of amides is 2. The first-order chi connectivity index (χ1) is 15.8. The van der Waals surface area contributed by atoms with Crippen LogP contribution in [0.1, 0.15) is 109 Å². The van der Waals surface area contributed by atoms with E-state index in [1.165, 1.54) is 75.2 Å². The van der Waals surface area contributed by atoms with E-state index in [4.69, 9.17) is 0 Å². The molecule has 1 aromatic rings. The fraction of sp³-hybridized carbons (Fsp3) is 0.692. The minimum Gasteiger partial charge on any atom is -0.507 e. The quantitative estimate of drug-likeness (QED) is 0.210. The number of aliphatic hydroxyl groups is 1. The second-order valence-electron chi connectivity index (χ2n) is 9.24. The van der Waals surface area contributed by atoms with E-state index in [1.54, 1.807) is 6.07 Å². The van der Waals surface area contributed by atoms with Crippen molar-refractivity contribution in [2.45, 2.75) is 109 Å². The summed E-state index contributed by atoms with van der Waals surface area (Å²) in [7, 11) is 0. The maximum atomic E-state index is 12.9. The van der Waals surface area contributed by atoms with E-state index >= 15 is 0 Å². The van der Waals surface area contributed by atoms with Crippen LogP contribution in [0.3, 0.4) is 0 Å². The molecule has 1 saturated heterocycles. The lowest BCUT2D eigenvalue weighted by atomic mass is 9.92. The topological polar surface area (TPSA) is 77.8 Å². The Morgan fingerprint density at radius 1 is 0.939 bits per heavy atom. The Morgan fingerprint density at radius 2 is 1.45 bits per heavy atom. The summed E-state index contributed by atoms with van der Waals surface area (Å²) in [5.41, 5.74) is -1.50. The number of hydrogen-bond donors (Lipinski definition) is 2. The summed E-state index contributed by atoms with van der Waals surface area (Å²) >= 11 is 6.54. The number of likely N-dealkylation sites (tertiary alicyclic amines) is 1. The number of hydrogen-bond acceptors (Lipinski definition) is 4. The Bertz CT molecular complexity index is 763. The minimum atomic E-state index is -1.79. The van der Waals surface area contributed by atoms with Crippen LogP contribution in [0.2, 0.25) is 0 Å². The lowest BCUT2D eigenvalue weighted by Crippen LogP contribution is -2.40. The van der Waals surface area contributed by atoms with Crippen molar-refractivity contribution in [3.8, 4) is 5.75 Å². The lowest BCUT2D eigenvalue weighted by Gasteiger charge is -2.23. The highest BCUT2D eigenvalue weighted by atomic mass is 79.9. The van der Waals surface area contributed by atoms with E-state index < -0.39 is 11.5 Å². The standard InChI is InChI=1S/C26H39Br2NO4/c1-2-3-4-5-6-7-8-9-10-11-12-13-14-15-23(31)29-17-16-26(33,25(29)32)20-18-21(27)24(28)22(30)19-20/h18-19,30,33H,2-17H2,1H3. The summed E-state index contributed by atoms with van der Waals surface area (Å²) in [6.07, 6.45) is 16.6. The first-order valence-electron chi connectivity index (χ1n) is 12.6. The molecule has 0 saturated carbocycles. The molecule has 1 aromatic carbocycles. The van der Waals surface area contributed by atoms with Crippen LogP contribution in [0.25, 0.3) is 0 Å². The number of aromatic hydroxyl groups is 1. The van der Waals surface area contributed by atoms with Crippen molar-refractivity contribution in [3.63, 3.8) is 0 Å². The van der Waals surface area contributed by atoms with Crippen LogP contribution >= 0.6 is 31.9 Å². The Labute approximate surface area is 215 Å². The molecule has 1 aliphatic rings. The molecule has 1 atom stereocenters. The monoisotopic (exact) mass is 587 g/mol. The van der Waals surface area contributed by atoms with Crippen LogP contribution < -0.4 is 0 Å². The molecule has 5 nitrogen and oxygen atoms in total. The normalized spacial score (nSPS) is 18.3. The first-order valence-corrected chi connectivity index (χ1v) is 14.2. The number of carbonyl (C=O) groups excluding carboxylic acids is 2. The zero-order valence-corrected chi connectivity index (χ0v) is 23.1. The van der Waals surface area contributed by atoms with Crippen molar-refractivity contribution in [2.75, 3.05) is 6.54 Å². The largest absolute Gasteiger partial charge is 0.507 e. The average Bonchev–Trinajstić information content (AvgIpc) is 3.10. The van der Waals surface area contributed by atoms with Gasteiger partial charge in [0.05, 0.1) is 4.47 Å². The van der Waals surface area contributed by atoms with Gasteiger partial charge in [-0.05, 0) is 56.0 Å². The second kappa shape index (κ2) is 14.5. The van der Waals surface area contributed by atoms with Crippen molar-refractivity contribution in [1.29, 1.82) is 0 Å². The molecular formula is C26H39Br2NO4. The van der Waals surface area contributed by atoms with E-state index in [0.717, 1.165) is 19.3 Å². The summed E-state index contributed by atoms with van der Waals surface area (Å²) in [4.78, 5) is 26.6. The average molecular weight is 589 g/mol. The van der Waals surface area contributed by atoms with Crippen LogP contribution in [0.15, 0.2) is 21.1 Å². The molecule has 2 amide bonds. The molecule has 2 rings (SSSR count). The number of imide groups is 1. The third-order valence-electron chi connectivity index (χ3n) is 6.58. The molecule has 0 spiro atoms. The van der Waals surface area contributed by atoms with Gasteiger partial charge < -0.3 is 10.2 Å². The Morgan fingerprint density at radius 3 is 1.97 bits per heavy atom. The molecule has 33 heavy (non-hydrogen) atoms. The maximum Gasteiger partial charge on any atom is 0.265 e. The number of unbranched alkanes of at least 4 members (excludes halogenated alkanes) is 12. The van der Waals surface area contributed by atoms with Gasteiger partial charge in [-0.3, -0.25) is 14.5 Å². The smallest absolute Gasteiger partial charge is 0.265 e. The summed E-state index contributed by atoms with van der Waals surface area (Å²) in [6, 6.07) is 2.97. The highest BCUT2D eigenvalue weighted by molar-refractivity contribution is 9.13. The highest BCUT2D eigenvalue weighted by Crippen LogP contribution is 2.40. The molecule has 2 N–H and O–H groups in total. The molecule has 7 heteroatoms. The summed E-state index contributed by atoms with van der Waals surface area (Å²) in [6.45, 7) is 2.44. The first kappa shape index (κ1) is 28.3. The molecular weight excluding hydrogens is 550 g/mol. The third-order valence-corrected chi connectivity index (χ3v) is 8.57. The Balaban J connectivity index is 1.63. The van der Waals surface area contributed by atoms with Gasteiger partial charge in [0.25, 0.3) is 5.91 Å². The van der Waals surface area contributed by atoms with E-state index in [1.807, 2.05) is 0 Å². The van der Waals surface area contributed by atoms with Gasteiger partial charge in [0, 0.05) is 23.9 Å². The van der Waals surface area contributed by atoms with E-state index in [0.29, 0.717) is 15.4 Å². The fourth-order valence-electron chi connectivity index (χ4n) is 4.45. The van der Waals surface area contributed by atoms with Crippen LogP contribution in [-0.2, 0) is 15.2 Å². The molecule has 1 fully saturated rings. The van der Waals surface area contributed by atoms with Gasteiger partial charge >= 0.3 is 0 Å². The van der Waals surface area contributed by atoms with Gasteiger partial charge in [0.15, 0.2) is 5.60 Å².